The third-order valence-corrected chi connectivity index (χ3v) is 7.41. The molecule has 0 fully saturated rings. The molecular weight excluding hydrogens is 460 g/mol. The van der Waals surface area contributed by atoms with Gasteiger partial charge in [0.25, 0.3) is 0 Å². The molecule has 6 nitrogen and oxygen atoms in total. The molecule has 7 heteroatoms. The van der Waals surface area contributed by atoms with Crippen molar-refractivity contribution >= 4 is 31.7 Å². The van der Waals surface area contributed by atoms with Crippen molar-refractivity contribution in [3.63, 3.8) is 0 Å². The molecule has 1 N–H and O–H groups in total. The third kappa shape index (κ3) is 7.67. The molecule has 0 saturated carbocycles. The first-order chi connectivity index (χ1) is 16.7. The number of ether oxygens (including phenoxy) is 3. The number of aliphatic hydroxyl groups is 1. The lowest BCUT2D eigenvalue weighted by Gasteiger charge is -2.14. The molecule has 1 heterocycles. The van der Waals surface area contributed by atoms with Gasteiger partial charge in [-0.1, -0.05) is 43.9 Å². The van der Waals surface area contributed by atoms with Gasteiger partial charge in [-0.15, -0.1) is 0 Å². The smallest absolute Gasteiger partial charge is 0.330 e. The van der Waals surface area contributed by atoms with Crippen LogP contribution in [-0.4, -0.2) is 45.4 Å². The van der Waals surface area contributed by atoms with Gasteiger partial charge in [0.2, 0.25) is 0 Å². The largest absolute Gasteiger partial charge is 0.488 e. The summed E-state index contributed by atoms with van der Waals surface area (Å²) in [5.74, 6) is 0.0439. The summed E-state index contributed by atoms with van der Waals surface area (Å²) >= 11 is 0. The minimum absolute atomic E-state index is 0.0136. The fourth-order valence-corrected chi connectivity index (χ4v) is 4.45. The maximum Gasteiger partial charge on any atom is 0.330 e. The molecule has 0 unspecified atom stereocenters. The number of fused-ring (bicyclic) bond motifs is 2. The van der Waals surface area contributed by atoms with Crippen molar-refractivity contribution in [3.8, 4) is 5.75 Å². The van der Waals surface area contributed by atoms with Crippen molar-refractivity contribution in [1.82, 2.24) is 0 Å². The van der Waals surface area contributed by atoms with Gasteiger partial charge in [-0.05, 0) is 64.6 Å². The number of carbonyl (C=O) groups is 2. The van der Waals surface area contributed by atoms with E-state index in [1.165, 1.54) is 13.2 Å². The summed E-state index contributed by atoms with van der Waals surface area (Å²) in [7, 11) is 0.111. The number of rotatable bonds is 9. The molecule has 0 amide bonds. The Morgan fingerprint density at radius 1 is 1.11 bits per heavy atom. The van der Waals surface area contributed by atoms with Gasteiger partial charge < -0.3 is 19.3 Å². The van der Waals surface area contributed by atoms with Crippen molar-refractivity contribution in [2.24, 2.45) is 0 Å². The van der Waals surface area contributed by atoms with E-state index in [1.807, 2.05) is 42.5 Å². The van der Waals surface area contributed by atoms with Gasteiger partial charge in [-0.3, -0.25) is 4.79 Å². The van der Waals surface area contributed by atoms with Crippen LogP contribution in [0.15, 0.2) is 48.6 Å². The van der Waals surface area contributed by atoms with E-state index in [2.05, 4.69) is 19.6 Å². The standard InChI is InChI=1S/C28H34O6Si/c1-32-28(31)18-21-8-11-26-25(17-21)23(6-5-13-29)24-16-20(7-10-22(24)19-34-26)9-12-27(30)33-14-15-35(2,3)4/h6-12,16-17,29H,5,13-15,18-19H2,1-4H3/b12-9+,23-6-. The van der Waals surface area contributed by atoms with Gasteiger partial charge >= 0.3 is 11.9 Å². The van der Waals surface area contributed by atoms with Crippen LogP contribution in [0.25, 0.3) is 11.6 Å². The fourth-order valence-electron chi connectivity index (χ4n) is 3.74. The molecule has 2 aromatic carbocycles. The number of benzene rings is 2. The lowest BCUT2D eigenvalue weighted by atomic mass is 9.91. The first-order valence-electron chi connectivity index (χ1n) is 11.8. The van der Waals surface area contributed by atoms with E-state index in [0.717, 1.165) is 39.4 Å². The molecule has 2 aromatic rings. The van der Waals surface area contributed by atoms with Crippen LogP contribution in [0.2, 0.25) is 25.7 Å². The Hall–Kier alpha value is -3.16. The average molecular weight is 495 g/mol. The summed E-state index contributed by atoms with van der Waals surface area (Å²) in [6.45, 7) is 7.58. The summed E-state index contributed by atoms with van der Waals surface area (Å²) in [5, 5.41) is 9.49. The van der Waals surface area contributed by atoms with Gasteiger partial charge in [0, 0.05) is 26.3 Å². The highest BCUT2D eigenvalue weighted by molar-refractivity contribution is 6.76. The van der Waals surface area contributed by atoms with Gasteiger partial charge in [0.15, 0.2) is 0 Å². The summed E-state index contributed by atoms with van der Waals surface area (Å²) in [5.41, 5.74) is 5.40. The molecule has 0 bridgehead atoms. The third-order valence-electron chi connectivity index (χ3n) is 5.70. The Labute approximate surface area is 208 Å². The number of carbonyl (C=O) groups excluding carboxylic acids is 2. The van der Waals surface area contributed by atoms with E-state index in [4.69, 9.17) is 14.2 Å². The van der Waals surface area contributed by atoms with E-state index < -0.39 is 8.07 Å². The molecule has 0 aromatic heterocycles. The Morgan fingerprint density at radius 3 is 2.63 bits per heavy atom. The summed E-state index contributed by atoms with van der Waals surface area (Å²) in [6, 6.07) is 12.5. The summed E-state index contributed by atoms with van der Waals surface area (Å²) in [6.07, 6.45) is 5.82. The zero-order valence-corrected chi connectivity index (χ0v) is 21.9. The van der Waals surface area contributed by atoms with Crippen LogP contribution in [0, 0.1) is 0 Å². The van der Waals surface area contributed by atoms with Crippen molar-refractivity contribution in [3.05, 3.63) is 76.4 Å². The number of methoxy groups -OCH3 is 1. The van der Waals surface area contributed by atoms with Crippen molar-refractivity contribution in [1.29, 1.82) is 0 Å². The minimum Gasteiger partial charge on any atom is -0.488 e. The highest BCUT2D eigenvalue weighted by atomic mass is 28.3. The minimum atomic E-state index is -1.26. The van der Waals surface area contributed by atoms with Gasteiger partial charge in [0.05, 0.1) is 20.1 Å². The van der Waals surface area contributed by atoms with Crippen molar-refractivity contribution in [2.75, 3.05) is 20.3 Å². The van der Waals surface area contributed by atoms with Gasteiger partial charge in [-0.25, -0.2) is 4.79 Å². The predicted molar refractivity (Wildman–Crippen MR) is 140 cm³/mol. The zero-order valence-electron chi connectivity index (χ0n) is 20.9. The molecule has 186 valence electrons. The Bertz CT molecular complexity index is 1130. The lowest BCUT2D eigenvalue weighted by molar-refractivity contribution is -0.140. The second kappa shape index (κ2) is 12.0. The normalized spacial score (nSPS) is 14.1. The molecule has 0 atom stereocenters. The monoisotopic (exact) mass is 494 g/mol. The molecule has 3 rings (SSSR count). The van der Waals surface area contributed by atoms with E-state index in [1.54, 1.807) is 6.08 Å². The quantitative estimate of drug-likeness (QED) is 0.300. The van der Waals surface area contributed by atoms with Gasteiger partial charge in [0.1, 0.15) is 12.4 Å². The second-order valence-corrected chi connectivity index (χ2v) is 15.4. The molecule has 0 radical (unpaired) electrons. The van der Waals surface area contributed by atoms with Crippen LogP contribution >= 0.6 is 0 Å². The first-order valence-corrected chi connectivity index (χ1v) is 15.5. The molecule has 1 aliphatic heterocycles. The first kappa shape index (κ1) is 26.4. The Kier molecular flexibility index (Phi) is 9.06. The van der Waals surface area contributed by atoms with Crippen LogP contribution in [0.1, 0.15) is 34.2 Å². The van der Waals surface area contributed by atoms with Crippen LogP contribution in [-0.2, 0) is 32.1 Å². The Morgan fingerprint density at radius 2 is 1.91 bits per heavy atom. The van der Waals surface area contributed by atoms with Gasteiger partial charge in [-0.2, -0.15) is 0 Å². The molecule has 0 spiro atoms. The maximum atomic E-state index is 12.2. The summed E-state index contributed by atoms with van der Waals surface area (Å²) < 4.78 is 16.2. The second-order valence-electron chi connectivity index (χ2n) is 9.73. The lowest BCUT2D eigenvalue weighted by Crippen LogP contribution is -2.22. The number of hydrogen-bond donors (Lipinski definition) is 1. The number of aliphatic hydroxyl groups excluding tert-OH is 1. The molecule has 0 saturated heterocycles. The van der Waals surface area contributed by atoms with Crippen molar-refractivity contribution in [2.45, 2.75) is 45.1 Å². The topological polar surface area (TPSA) is 82.1 Å². The van der Waals surface area contributed by atoms with E-state index >= 15 is 0 Å². The maximum absolute atomic E-state index is 12.2. The van der Waals surface area contributed by atoms with Crippen LogP contribution in [0.5, 0.6) is 5.75 Å². The Balaban J connectivity index is 1.90. The van der Waals surface area contributed by atoms with E-state index in [0.29, 0.717) is 25.4 Å². The average Bonchev–Trinajstić information content (AvgIpc) is 2.96. The van der Waals surface area contributed by atoms with Crippen LogP contribution in [0.4, 0.5) is 0 Å². The molecular formula is C28H34O6Si. The highest BCUT2D eigenvalue weighted by Crippen LogP contribution is 2.38. The SMILES string of the molecule is COC(=O)Cc1ccc2c(c1)/C(=C\CCO)c1cc(/C=C/C(=O)OCC[Si](C)(C)C)ccc1CO2. The number of hydrogen-bond acceptors (Lipinski definition) is 6. The van der Waals surface area contributed by atoms with E-state index in [-0.39, 0.29) is 25.0 Å². The number of esters is 2. The molecule has 0 aliphatic carbocycles. The van der Waals surface area contributed by atoms with Crippen LogP contribution in [0.3, 0.4) is 0 Å². The molecule has 35 heavy (non-hydrogen) atoms. The van der Waals surface area contributed by atoms with E-state index in [9.17, 15) is 14.7 Å². The predicted octanol–water partition coefficient (Wildman–Crippen LogP) is 5.00. The fraction of sp³-hybridized carbons (Fsp3) is 0.357. The summed E-state index contributed by atoms with van der Waals surface area (Å²) in [4.78, 5) is 24.0. The van der Waals surface area contributed by atoms with Crippen molar-refractivity contribution < 1.29 is 28.9 Å². The zero-order chi connectivity index (χ0) is 25.4. The molecule has 1 aliphatic rings. The van der Waals surface area contributed by atoms with Crippen LogP contribution < -0.4 is 4.74 Å². The highest BCUT2D eigenvalue weighted by Gasteiger charge is 2.20.